The summed E-state index contributed by atoms with van der Waals surface area (Å²) in [6.07, 6.45) is 0. The Balaban J connectivity index is 1.95. The van der Waals surface area contributed by atoms with Crippen LogP contribution in [0.15, 0.2) is 47.0 Å². The Kier molecular flexibility index (Phi) is 3.50. The van der Waals surface area contributed by atoms with Crippen LogP contribution >= 0.6 is 0 Å². The Labute approximate surface area is 121 Å². The molecule has 2 N–H and O–H groups in total. The summed E-state index contributed by atoms with van der Waals surface area (Å²) in [6, 6.07) is 12.1. The van der Waals surface area contributed by atoms with Crippen molar-refractivity contribution in [3.05, 3.63) is 59.4 Å². The van der Waals surface area contributed by atoms with Gasteiger partial charge in [-0.2, -0.15) is 4.98 Å². The number of aromatic nitrogens is 2. The molecule has 0 saturated heterocycles. The maximum Gasteiger partial charge on any atom is 0.258 e. The summed E-state index contributed by atoms with van der Waals surface area (Å²) in [5.41, 5.74) is 8.94. The predicted molar refractivity (Wildman–Crippen MR) is 77.8 cm³/mol. The second kappa shape index (κ2) is 5.46. The highest BCUT2D eigenvalue weighted by atomic mass is 19.1. The Bertz CT molecular complexity index is 765. The molecule has 0 radical (unpaired) electrons. The lowest BCUT2D eigenvalue weighted by Crippen LogP contribution is -1.95. The third kappa shape index (κ3) is 2.68. The number of benzene rings is 2. The van der Waals surface area contributed by atoms with Crippen molar-refractivity contribution in [1.82, 2.24) is 10.1 Å². The van der Waals surface area contributed by atoms with Crippen LogP contribution in [0.1, 0.15) is 11.1 Å². The van der Waals surface area contributed by atoms with Gasteiger partial charge in [-0.3, -0.25) is 0 Å². The van der Waals surface area contributed by atoms with Crippen LogP contribution in [0.2, 0.25) is 0 Å². The van der Waals surface area contributed by atoms with E-state index in [-0.39, 0.29) is 5.82 Å². The van der Waals surface area contributed by atoms with Gasteiger partial charge < -0.3 is 10.3 Å². The molecule has 0 aliphatic rings. The number of hydrogen-bond donors (Lipinski definition) is 1. The van der Waals surface area contributed by atoms with Crippen LogP contribution in [0.5, 0.6) is 0 Å². The van der Waals surface area contributed by atoms with E-state index in [1.807, 2.05) is 31.2 Å². The monoisotopic (exact) mass is 283 g/mol. The Morgan fingerprint density at radius 1 is 1.14 bits per heavy atom. The van der Waals surface area contributed by atoms with Gasteiger partial charge in [0.25, 0.3) is 5.89 Å². The summed E-state index contributed by atoms with van der Waals surface area (Å²) < 4.78 is 18.4. The van der Waals surface area contributed by atoms with E-state index in [0.717, 1.165) is 22.3 Å². The number of hydrogen-bond acceptors (Lipinski definition) is 4. The van der Waals surface area contributed by atoms with Crippen LogP contribution in [-0.2, 0) is 6.54 Å². The zero-order chi connectivity index (χ0) is 14.8. The zero-order valence-electron chi connectivity index (χ0n) is 11.5. The van der Waals surface area contributed by atoms with E-state index >= 15 is 0 Å². The van der Waals surface area contributed by atoms with Crippen molar-refractivity contribution >= 4 is 0 Å². The van der Waals surface area contributed by atoms with Crippen LogP contribution in [0.3, 0.4) is 0 Å². The molecule has 21 heavy (non-hydrogen) atoms. The molecule has 0 fully saturated rings. The minimum Gasteiger partial charge on any atom is -0.334 e. The maximum absolute atomic E-state index is 13.1. The highest BCUT2D eigenvalue weighted by Crippen LogP contribution is 2.25. The molecule has 0 saturated carbocycles. The van der Waals surface area contributed by atoms with Crippen LogP contribution in [-0.4, -0.2) is 10.1 Å². The van der Waals surface area contributed by atoms with E-state index in [2.05, 4.69) is 10.1 Å². The molecule has 1 heterocycles. The number of aryl methyl sites for hydroxylation is 1. The number of halogens is 1. The molecule has 1 aromatic heterocycles. The summed E-state index contributed by atoms with van der Waals surface area (Å²) in [5, 5.41) is 3.96. The molecule has 0 amide bonds. The first-order valence-electron chi connectivity index (χ1n) is 6.57. The second-order valence-corrected chi connectivity index (χ2v) is 4.78. The second-order valence-electron chi connectivity index (χ2n) is 4.78. The minimum absolute atomic E-state index is 0.280. The first-order valence-corrected chi connectivity index (χ1v) is 6.57. The molecule has 0 atom stereocenters. The van der Waals surface area contributed by atoms with Crippen LogP contribution in [0, 0.1) is 12.7 Å². The smallest absolute Gasteiger partial charge is 0.258 e. The quantitative estimate of drug-likeness (QED) is 0.801. The van der Waals surface area contributed by atoms with Gasteiger partial charge in [0.2, 0.25) is 5.82 Å². The summed E-state index contributed by atoms with van der Waals surface area (Å²) in [6.45, 7) is 2.30. The van der Waals surface area contributed by atoms with Crippen LogP contribution in [0.4, 0.5) is 4.39 Å². The lowest BCUT2D eigenvalue weighted by atomic mass is 10.1. The van der Waals surface area contributed by atoms with Crippen molar-refractivity contribution in [2.24, 2.45) is 5.73 Å². The highest BCUT2D eigenvalue weighted by Gasteiger charge is 2.12. The molecule has 0 aliphatic carbocycles. The molecule has 106 valence electrons. The van der Waals surface area contributed by atoms with Gasteiger partial charge >= 0.3 is 0 Å². The molecule has 5 heteroatoms. The van der Waals surface area contributed by atoms with Gasteiger partial charge in [0.1, 0.15) is 5.82 Å². The molecule has 0 spiro atoms. The van der Waals surface area contributed by atoms with Gasteiger partial charge in [-0.05, 0) is 48.4 Å². The predicted octanol–water partition coefficient (Wildman–Crippen LogP) is 3.31. The molecule has 2 aromatic carbocycles. The Morgan fingerprint density at radius 2 is 1.90 bits per heavy atom. The van der Waals surface area contributed by atoms with Gasteiger partial charge in [-0.1, -0.05) is 17.3 Å². The fraction of sp³-hybridized carbons (Fsp3) is 0.125. The standard InChI is InChI=1S/C16H14FN3O/c1-10-8-13(17)6-7-14(10)15-19-16(21-20-15)12-4-2-11(9-18)3-5-12/h2-8H,9,18H2,1H3. The lowest BCUT2D eigenvalue weighted by molar-refractivity contribution is 0.432. The number of nitrogens with zero attached hydrogens (tertiary/aromatic N) is 2. The number of nitrogens with two attached hydrogens (primary N) is 1. The van der Waals surface area contributed by atoms with E-state index in [1.165, 1.54) is 12.1 Å². The molecule has 0 aliphatic heterocycles. The molecule has 0 bridgehead atoms. The van der Waals surface area contributed by atoms with E-state index in [4.69, 9.17) is 10.3 Å². The average molecular weight is 283 g/mol. The first-order chi connectivity index (χ1) is 10.2. The van der Waals surface area contributed by atoms with Crippen molar-refractivity contribution in [1.29, 1.82) is 0 Å². The Hall–Kier alpha value is -2.53. The first kappa shape index (κ1) is 13.5. The summed E-state index contributed by atoms with van der Waals surface area (Å²) in [7, 11) is 0. The van der Waals surface area contributed by atoms with Gasteiger partial charge in [-0.15, -0.1) is 0 Å². The number of rotatable bonds is 3. The van der Waals surface area contributed by atoms with E-state index in [9.17, 15) is 4.39 Å². The van der Waals surface area contributed by atoms with Crippen LogP contribution < -0.4 is 5.73 Å². The fourth-order valence-electron chi connectivity index (χ4n) is 2.11. The minimum atomic E-state index is -0.280. The fourth-order valence-corrected chi connectivity index (χ4v) is 2.11. The normalized spacial score (nSPS) is 10.8. The third-order valence-electron chi connectivity index (χ3n) is 3.29. The van der Waals surface area contributed by atoms with Crippen molar-refractivity contribution in [3.63, 3.8) is 0 Å². The zero-order valence-corrected chi connectivity index (χ0v) is 11.5. The van der Waals surface area contributed by atoms with Crippen molar-refractivity contribution in [3.8, 4) is 22.8 Å². The van der Waals surface area contributed by atoms with Crippen LogP contribution in [0.25, 0.3) is 22.8 Å². The lowest BCUT2D eigenvalue weighted by Gasteiger charge is -2.00. The highest BCUT2D eigenvalue weighted by molar-refractivity contribution is 5.62. The summed E-state index contributed by atoms with van der Waals surface area (Å²) in [4.78, 5) is 4.37. The average Bonchev–Trinajstić information content (AvgIpc) is 2.97. The van der Waals surface area contributed by atoms with Crippen molar-refractivity contribution in [2.75, 3.05) is 0 Å². The van der Waals surface area contributed by atoms with Gasteiger partial charge in [-0.25, -0.2) is 4.39 Å². The van der Waals surface area contributed by atoms with E-state index in [0.29, 0.717) is 18.3 Å². The van der Waals surface area contributed by atoms with Crippen molar-refractivity contribution in [2.45, 2.75) is 13.5 Å². The molecule has 3 aromatic rings. The topological polar surface area (TPSA) is 64.9 Å². The largest absolute Gasteiger partial charge is 0.334 e. The van der Waals surface area contributed by atoms with Gasteiger partial charge in [0.15, 0.2) is 0 Å². The third-order valence-corrected chi connectivity index (χ3v) is 3.29. The molecule has 4 nitrogen and oxygen atoms in total. The van der Waals surface area contributed by atoms with Gasteiger partial charge in [0, 0.05) is 17.7 Å². The molecule has 0 unspecified atom stereocenters. The molecular weight excluding hydrogens is 269 g/mol. The van der Waals surface area contributed by atoms with E-state index < -0.39 is 0 Å². The van der Waals surface area contributed by atoms with Gasteiger partial charge in [0.05, 0.1) is 0 Å². The Morgan fingerprint density at radius 3 is 2.57 bits per heavy atom. The van der Waals surface area contributed by atoms with Crippen molar-refractivity contribution < 1.29 is 8.91 Å². The molecule has 3 rings (SSSR count). The SMILES string of the molecule is Cc1cc(F)ccc1-c1noc(-c2ccc(CN)cc2)n1. The maximum atomic E-state index is 13.1. The van der Waals surface area contributed by atoms with E-state index in [1.54, 1.807) is 6.07 Å². The summed E-state index contributed by atoms with van der Waals surface area (Å²) in [5.74, 6) is 0.597. The summed E-state index contributed by atoms with van der Waals surface area (Å²) >= 11 is 0. The molecular formula is C16H14FN3O.